The van der Waals surface area contributed by atoms with Crippen LogP contribution in [0.1, 0.15) is 32.3 Å². The number of primary amides is 1. The molecule has 0 spiro atoms. The van der Waals surface area contributed by atoms with Gasteiger partial charge in [0.1, 0.15) is 18.1 Å². The van der Waals surface area contributed by atoms with E-state index < -0.39 is 47.7 Å². The van der Waals surface area contributed by atoms with Gasteiger partial charge in [-0.1, -0.05) is 44.2 Å². The average Bonchev–Trinajstić information content (AvgIpc) is 3.30. The molecule has 1 saturated heterocycles. The van der Waals surface area contributed by atoms with E-state index in [9.17, 15) is 24.0 Å². The van der Waals surface area contributed by atoms with Crippen LogP contribution in [0.4, 0.5) is 0 Å². The number of nitrogens with two attached hydrogens (primary N) is 2. The highest BCUT2D eigenvalue weighted by Crippen LogP contribution is 2.18. The van der Waals surface area contributed by atoms with Crippen molar-refractivity contribution in [2.75, 3.05) is 19.6 Å². The molecule has 1 heterocycles. The lowest BCUT2D eigenvalue weighted by atomic mass is 10.0. The minimum absolute atomic E-state index is 0.190. The first-order valence-corrected chi connectivity index (χ1v) is 11.3. The van der Waals surface area contributed by atoms with Crippen LogP contribution in [0.15, 0.2) is 30.3 Å². The second-order valence-corrected chi connectivity index (χ2v) is 8.61. The molecule has 1 aliphatic rings. The molecule has 1 aromatic carbocycles. The summed E-state index contributed by atoms with van der Waals surface area (Å²) in [5.41, 5.74) is 11.5. The zero-order valence-electron chi connectivity index (χ0n) is 19.6. The molecule has 7 N–H and O–H groups in total. The van der Waals surface area contributed by atoms with E-state index >= 15 is 0 Å². The average molecular weight is 475 g/mol. The van der Waals surface area contributed by atoms with Crippen molar-refractivity contribution in [2.24, 2.45) is 17.4 Å². The van der Waals surface area contributed by atoms with Crippen molar-refractivity contribution < 1.29 is 24.0 Å². The quantitative estimate of drug-likeness (QED) is 0.258. The summed E-state index contributed by atoms with van der Waals surface area (Å²) in [6.07, 6.45) is 1.23. The number of rotatable bonds is 11. The van der Waals surface area contributed by atoms with Gasteiger partial charge in [0.05, 0.1) is 13.1 Å². The molecule has 1 aromatic rings. The van der Waals surface area contributed by atoms with Crippen LogP contribution in [0.2, 0.25) is 0 Å². The number of hydrogen-bond donors (Lipinski definition) is 5. The van der Waals surface area contributed by atoms with Crippen LogP contribution < -0.4 is 27.4 Å². The van der Waals surface area contributed by atoms with E-state index in [1.165, 1.54) is 4.90 Å². The lowest BCUT2D eigenvalue weighted by Gasteiger charge is -2.28. The van der Waals surface area contributed by atoms with Crippen LogP contribution >= 0.6 is 0 Å². The van der Waals surface area contributed by atoms with Crippen molar-refractivity contribution in [1.82, 2.24) is 20.9 Å². The summed E-state index contributed by atoms with van der Waals surface area (Å²) in [5.74, 6) is -2.80. The molecule has 34 heavy (non-hydrogen) atoms. The first-order valence-electron chi connectivity index (χ1n) is 11.3. The fraction of sp³-hybridized carbons (Fsp3) is 0.522. The number of carbonyl (C=O) groups excluding carboxylic acids is 5. The molecular weight excluding hydrogens is 440 g/mol. The number of benzene rings is 1. The maximum Gasteiger partial charge on any atom is 0.243 e. The first kappa shape index (κ1) is 26.8. The van der Waals surface area contributed by atoms with E-state index in [4.69, 9.17) is 11.5 Å². The van der Waals surface area contributed by atoms with Crippen molar-refractivity contribution in [3.63, 3.8) is 0 Å². The molecule has 11 heteroatoms. The Morgan fingerprint density at radius 3 is 2.35 bits per heavy atom. The molecular formula is C23H34N6O5. The number of likely N-dealkylation sites (tertiary alicyclic amines) is 1. The van der Waals surface area contributed by atoms with Crippen molar-refractivity contribution in [3.05, 3.63) is 35.9 Å². The fourth-order valence-electron chi connectivity index (χ4n) is 3.83. The van der Waals surface area contributed by atoms with E-state index in [1.54, 1.807) is 13.8 Å². The normalized spacial score (nSPS) is 17.1. The minimum atomic E-state index is -0.981. The van der Waals surface area contributed by atoms with Gasteiger partial charge in [0.15, 0.2) is 0 Å². The molecule has 11 nitrogen and oxygen atoms in total. The summed E-state index contributed by atoms with van der Waals surface area (Å²) in [6.45, 7) is 3.37. The predicted octanol–water partition coefficient (Wildman–Crippen LogP) is -1.59. The van der Waals surface area contributed by atoms with Gasteiger partial charge in [-0.3, -0.25) is 24.0 Å². The van der Waals surface area contributed by atoms with Crippen molar-refractivity contribution in [3.8, 4) is 0 Å². The summed E-state index contributed by atoms with van der Waals surface area (Å²) >= 11 is 0. The van der Waals surface area contributed by atoms with Gasteiger partial charge in [-0.15, -0.1) is 0 Å². The smallest absolute Gasteiger partial charge is 0.243 e. The van der Waals surface area contributed by atoms with Gasteiger partial charge >= 0.3 is 0 Å². The largest absolute Gasteiger partial charge is 0.368 e. The molecule has 0 aliphatic carbocycles. The topological polar surface area (TPSA) is 177 Å². The Bertz CT molecular complexity index is 891. The summed E-state index contributed by atoms with van der Waals surface area (Å²) < 4.78 is 0. The Hall–Kier alpha value is -3.47. The molecule has 0 unspecified atom stereocenters. The summed E-state index contributed by atoms with van der Waals surface area (Å²) in [7, 11) is 0. The monoisotopic (exact) mass is 474 g/mol. The van der Waals surface area contributed by atoms with Crippen molar-refractivity contribution in [2.45, 2.75) is 51.2 Å². The summed E-state index contributed by atoms with van der Waals surface area (Å²) in [5, 5.41) is 7.79. The zero-order chi connectivity index (χ0) is 25.3. The number of nitrogens with zero attached hydrogens (tertiary/aromatic N) is 1. The van der Waals surface area contributed by atoms with Crippen molar-refractivity contribution in [1.29, 1.82) is 0 Å². The molecule has 1 fully saturated rings. The third kappa shape index (κ3) is 7.55. The molecule has 2 rings (SSSR count). The van der Waals surface area contributed by atoms with Gasteiger partial charge < -0.3 is 32.3 Å². The molecule has 0 saturated carbocycles. The summed E-state index contributed by atoms with van der Waals surface area (Å²) in [4.78, 5) is 63.3. The SMILES string of the molecule is CC(C)[C@H](NC(=O)[C@H](Cc1ccccc1)NC(=O)[C@@H]1CCCN1C(=O)CNC(=O)CN)C(N)=O. The highest BCUT2D eigenvalue weighted by atomic mass is 16.2. The number of hydrogen-bond acceptors (Lipinski definition) is 6. The van der Waals surface area contributed by atoms with E-state index in [-0.39, 0.29) is 25.4 Å². The third-order valence-corrected chi connectivity index (χ3v) is 5.68. The zero-order valence-corrected chi connectivity index (χ0v) is 19.6. The Morgan fingerprint density at radius 2 is 1.76 bits per heavy atom. The lowest BCUT2D eigenvalue weighted by molar-refractivity contribution is -0.139. The number of nitrogens with one attached hydrogen (secondary N) is 3. The highest BCUT2D eigenvalue weighted by molar-refractivity contribution is 5.95. The minimum Gasteiger partial charge on any atom is -0.368 e. The molecule has 0 radical (unpaired) electrons. The van der Waals surface area contributed by atoms with E-state index in [0.29, 0.717) is 19.4 Å². The number of carbonyl (C=O) groups is 5. The fourth-order valence-corrected chi connectivity index (χ4v) is 3.83. The molecule has 3 atom stereocenters. The molecule has 0 bridgehead atoms. The first-order chi connectivity index (χ1) is 16.1. The van der Waals surface area contributed by atoms with Gasteiger partial charge in [-0.25, -0.2) is 0 Å². The molecule has 1 aliphatic heterocycles. The van der Waals surface area contributed by atoms with Crippen molar-refractivity contribution >= 4 is 29.5 Å². The Kier molecular flexibility index (Phi) is 9.99. The summed E-state index contributed by atoms with van der Waals surface area (Å²) in [6, 6.07) is 6.48. The maximum atomic E-state index is 13.1. The van der Waals surface area contributed by atoms with Gasteiger partial charge in [0, 0.05) is 13.0 Å². The van der Waals surface area contributed by atoms with Crippen LogP contribution in [0.3, 0.4) is 0 Å². The molecule has 186 valence electrons. The number of amides is 5. The van der Waals surface area contributed by atoms with Gasteiger partial charge in [0.2, 0.25) is 29.5 Å². The maximum absolute atomic E-state index is 13.1. The van der Waals surface area contributed by atoms with Crippen LogP contribution in [0, 0.1) is 5.92 Å². The van der Waals surface area contributed by atoms with Crippen LogP contribution in [-0.2, 0) is 30.4 Å². The van der Waals surface area contributed by atoms with Crippen LogP contribution in [-0.4, -0.2) is 72.2 Å². The van der Waals surface area contributed by atoms with Crippen LogP contribution in [0.5, 0.6) is 0 Å². The Labute approximate surface area is 199 Å². The van der Waals surface area contributed by atoms with E-state index in [0.717, 1.165) is 5.56 Å². The van der Waals surface area contributed by atoms with Gasteiger partial charge in [0.25, 0.3) is 0 Å². The lowest BCUT2D eigenvalue weighted by Crippen LogP contribution is -2.58. The highest BCUT2D eigenvalue weighted by Gasteiger charge is 2.36. The van der Waals surface area contributed by atoms with Gasteiger partial charge in [-0.2, -0.15) is 0 Å². The predicted molar refractivity (Wildman–Crippen MR) is 125 cm³/mol. The molecule has 5 amide bonds. The standard InChI is InChI=1S/C23H34N6O5/c1-14(2)20(21(25)32)28-22(33)16(11-15-7-4-3-5-8-15)27-23(34)17-9-6-10-29(17)19(31)13-26-18(30)12-24/h3-5,7-8,14,16-17,20H,6,9-13,24H2,1-2H3,(H2,25,32)(H,26,30)(H,27,34)(H,28,33)/t16-,17-,20-/m0/s1. The second kappa shape index (κ2) is 12.7. The van der Waals surface area contributed by atoms with E-state index in [1.807, 2.05) is 30.3 Å². The van der Waals surface area contributed by atoms with E-state index in [2.05, 4.69) is 16.0 Å². The molecule has 0 aromatic heterocycles. The van der Waals surface area contributed by atoms with Crippen LogP contribution in [0.25, 0.3) is 0 Å². The Morgan fingerprint density at radius 1 is 1.09 bits per heavy atom. The Balaban J connectivity index is 2.14. The second-order valence-electron chi connectivity index (χ2n) is 8.61. The third-order valence-electron chi connectivity index (χ3n) is 5.68. The van der Waals surface area contributed by atoms with Gasteiger partial charge in [-0.05, 0) is 24.3 Å².